The summed E-state index contributed by atoms with van der Waals surface area (Å²) in [6.07, 6.45) is 6.19. The zero-order chi connectivity index (χ0) is 19.1. The number of nitrogens with one attached hydrogen (secondary N) is 2. The number of methoxy groups -OCH3 is 1. The Bertz CT molecular complexity index is 725. The van der Waals surface area contributed by atoms with Crippen LogP contribution in [0.15, 0.2) is 48.5 Å². The smallest absolute Gasteiger partial charge is 0.171 e. The number of anilines is 1. The fourth-order valence-corrected chi connectivity index (χ4v) is 3.66. The van der Waals surface area contributed by atoms with Gasteiger partial charge in [0.25, 0.3) is 0 Å². The van der Waals surface area contributed by atoms with E-state index in [1.165, 1.54) is 18.4 Å². The number of ether oxygens (including phenoxy) is 2. The van der Waals surface area contributed by atoms with Crippen LogP contribution in [0.4, 0.5) is 5.69 Å². The van der Waals surface area contributed by atoms with Crippen molar-refractivity contribution < 1.29 is 9.47 Å². The molecule has 144 valence electrons. The van der Waals surface area contributed by atoms with Crippen molar-refractivity contribution in [3.63, 3.8) is 0 Å². The monoisotopic (exact) mass is 384 g/mol. The number of hydrogen-bond donors (Lipinski definition) is 2. The fourth-order valence-electron chi connectivity index (χ4n) is 3.40. The van der Waals surface area contributed by atoms with Gasteiger partial charge in [-0.05, 0) is 86.3 Å². The average molecular weight is 385 g/mol. The highest BCUT2D eigenvalue weighted by Gasteiger charge is 2.16. The second-order valence-electron chi connectivity index (χ2n) is 6.88. The first-order chi connectivity index (χ1) is 13.2. The van der Waals surface area contributed by atoms with Gasteiger partial charge in [0.15, 0.2) is 5.11 Å². The third kappa shape index (κ3) is 5.60. The summed E-state index contributed by atoms with van der Waals surface area (Å²) in [4.78, 5) is 0. The van der Waals surface area contributed by atoms with Crippen molar-refractivity contribution in [3.05, 3.63) is 54.1 Å². The molecular formula is C22H28N2O2S. The first-order valence-corrected chi connectivity index (χ1v) is 10.1. The lowest BCUT2D eigenvalue weighted by Crippen LogP contribution is -2.32. The van der Waals surface area contributed by atoms with E-state index in [1.54, 1.807) is 7.11 Å². The second-order valence-corrected chi connectivity index (χ2v) is 7.29. The van der Waals surface area contributed by atoms with Crippen LogP contribution in [0.3, 0.4) is 0 Å². The minimum Gasteiger partial charge on any atom is -0.497 e. The van der Waals surface area contributed by atoms with Gasteiger partial charge >= 0.3 is 0 Å². The van der Waals surface area contributed by atoms with Crippen molar-refractivity contribution in [1.29, 1.82) is 0 Å². The van der Waals surface area contributed by atoms with Gasteiger partial charge in [0.1, 0.15) is 11.5 Å². The Kier molecular flexibility index (Phi) is 6.93. The molecule has 4 nitrogen and oxygen atoms in total. The van der Waals surface area contributed by atoms with Crippen molar-refractivity contribution in [2.75, 3.05) is 12.4 Å². The normalized spacial score (nSPS) is 15.2. The van der Waals surface area contributed by atoms with Gasteiger partial charge in [-0.2, -0.15) is 0 Å². The first kappa shape index (κ1) is 19.5. The molecule has 1 aliphatic rings. The van der Waals surface area contributed by atoms with E-state index in [9.17, 15) is 0 Å². The van der Waals surface area contributed by atoms with Gasteiger partial charge in [0.05, 0.1) is 19.3 Å². The number of hydrogen-bond acceptors (Lipinski definition) is 3. The van der Waals surface area contributed by atoms with Gasteiger partial charge in [0, 0.05) is 5.69 Å². The average Bonchev–Trinajstić information content (AvgIpc) is 3.21. The summed E-state index contributed by atoms with van der Waals surface area (Å²) in [5.41, 5.74) is 2.14. The lowest BCUT2D eigenvalue weighted by molar-refractivity contribution is 0.210. The lowest BCUT2D eigenvalue weighted by Gasteiger charge is -2.20. The number of benzene rings is 2. The van der Waals surface area contributed by atoms with Gasteiger partial charge in [-0.3, -0.25) is 0 Å². The van der Waals surface area contributed by atoms with E-state index in [1.807, 2.05) is 36.4 Å². The summed E-state index contributed by atoms with van der Waals surface area (Å²) in [5.74, 6) is 1.78. The van der Waals surface area contributed by atoms with Crippen molar-refractivity contribution in [1.82, 2.24) is 5.32 Å². The van der Waals surface area contributed by atoms with E-state index in [4.69, 9.17) is 21.7 Å². The highest BCUT2D eigenvalue weighted by Crippen LogP contribution is 2.25. The van der Waals surface area contributed by atoms with Crippen LogP contribution >= 0.6 is 12.2 Å². The van der Waals surface area contributed by atoms with E-state index in [2.05, 4.69) is 29.7 Å². The van der Waals surface area contributed by atoms with Crippen LogP contribution in [0.5, 0.6) is 11.5 Å². The molecule has 2 aromatic carbocycles. The largest absolute Gasteiger partial charge is 0.497 e. The summed E-state index contributed by atoms with van der Waals surface area (Å²) in [7, 11) is 1.67. The molecule has 1 saturated carbocycles. The van der Waals surface area contributed by atoms with Gasteiger partial charge in [0.2, 0.25) is 0 Å². The molecule has 0 heterocycles. The zero-order valence-electron chi connectivity index (χ0n) is 16.0. The molecule has 0 amide bonds. The van der Waals surface area contributed by atoms with Crippen LogP contribution in [-0.2, 0) is 0 Å². The minimum absolute atomic E-state index is 0.154. The number of thiocarbonyl (C=S) groups is 1. The summed E-state index contributed by atoms with van der Waals surface area (Å²) in [6.45, 7) is 2.14. The van der Waals surface area contributed by atoms with Crippen LogP contribution in [0.25, 0.3) is 0 Å². The number of rotatable bonds is 7. The molecule has 27 heavy (non-hydrogen) atoms. The maximum atomic E-state index is 6.01. The molecule has 1 fully saturated rings. The molecule has 3 rings (SSSR count). The molecule has 0 aliphatic heterocycles. The van der Waals surface area contributed by atoms with Gasteiger partial charge < -0.3 is 20.1 Å². The summed E-state index contributed by atoms with van der Waals surface area (Å²) < 4.78 is 11.2. The highest BCUT2D eigenvalue weighted by molar-refractivity contribution is 7.80. The molecular weight excluding hydrogens is 356 g/mol. The van der Waals surface area contributed by atoms with Gasteiger partial charge in [-0.15, -0.1) is 0 Å². The molecule has 0 saturated heterocycles. The highest BCUT2D eigenvalue weighted by atomic mass is 32.1. The topological polar surface area (TPSA) is 42.5 Å². The summed E-state index contributed by atoms with van der Waals surface area (Å²) >= 11 is 5.50. The van der Waals surface area contributed by atoms with Crippen LogP contribution in [0.1, 0.15) is 50.6 Å². The molecule has 1 atom stereocenters. The zero-order valence-corrected chi connectivity index (χ0v) is 16.9. The van der Waals surface area contributed by atoms with E-state index in [-0.39, 0.29) is 6.04 Å². The SMILES string of the molecule is CC[C@H](NC(=S)Nc1ccc(OC2CCCC2)cc1)c1ccc(OC)cc1. The molecule has 0 radical (unpaired) electrons. The summed E-state index contributed by atoms with van der Waals surface area (Å²) in [5, 5.41) is 7.26. The van der Waals surface area contributed by atoms with Gasteiger partial charge in [-0.25, -0.2) is 0 Å². The molecule has 0 unspecified atom stereocenters. The van der Waals surface area contributed by atoms with Crippen LogP contribution < -0.4 is 20.1 Å². The minimum atomic E-state index is 0.154. The fraction of sp³-hybridized carbons (Fsp3) is 0.409. The molecule has 2 N–H and O–H groups in total. The Morgan fingerprint density at radius 3 is 2.26 bits per heavy atom. The van der Waals surface area contributed by atoms with Crippen LogP contribution in [-0.4, -0.2) is 18.3 Å². The van der Waals surface area contributed by atoms with Crippen molar-refractivity contribution in [3.8, 4) is 11.5 Å². The molecule has 1 aliphatic carbocycles. The predicted octanol–water partition coefficient (Wildman–Crippen LogP) is 5.45. The van der Waals surface area contributed by atoms with E-state index < -0.39 is 0 Å². The Morgan fingerprint density at radius 2 is 1.67 bits per heavy atom. The molecule has 0 spiro atoms. The van der Waals surface area contributed by atoms with Gasteiger partial charge in [-0.1, -0.05) is 19.1 Å². The Morgan fingerprint density at radius 1 is 1.04 bits per heavy atom. The van der Waals surface area contributed by atoms with E-state index in [0.29, 0.717) is 11.2 Å². The maximum absolute atomic E-state index is 6.01. The molecule has 0 aromatic heterocycles. The Balaban J connectivity index is 1.53. The Labute approximate surface area is 167 Å². The summed E-state index contributed by atoms with van der Waals surface area (Å²) in [6, 6.07) is 16.3. The quantitative estimate of drug-likeness (QED) is 0.621. The van der Waals surface area contributed by atoms with E-state index in [0.717, 1.165) is 36.4 Å². The molecule has 2 aromatic rings. The third-order valence-electron chi connectivity index (χ3n) is 4.95. The standard InChI is InChI=1S/C22H28N2O2S/c1-3-21(16-8-12-18(25-2)13-9-16)24-22(27)23-17-10-14-20(15-11-17)26-19-6-4-5-7-19/h8-15,19,21H,3-7H2,1-2H3,(H2,23,24,27)/t21-/m0/s1. The van der Waals surface area contributed by atoms with Crippen LogP contribution in [0.2, 0.25) is 0 Å². The van der Waals surface area contributed by atoms with E-state index >= 15 is 0 Å². The van der Waals surface area contributed by atoms with Crippen molar-refractivity contribution in [2.24, 2.45) is 0 Å². The van der Waals surface area contributed by atoms with Crippen molar-refractivity contribution >= 4 is 23.0 Å². The first-order valence-electron chi connectivity index (χ1n) is 9.66. The molecule has 0 bridgehead atoms. The third-order valence-corrected chi connectivity index (χ3v) is 5.17. The Hall–Kier alpha value is -2.27. The molecule has 5 heteroatoms. The maximum Gasteiger partial charge on any atom is 0.171 e. The predicted molar refractivity (Wildman–Crippen MR) is 115 cm³/mol. The lowest BCUT2D eigenvalue weighted by atomic mass is 10.0. The second kappa shape index (κ2) is 9.60. The van der Waals surface area contributed by atoms with Crippen LogP contribution in [0, 0.1) is 0 Å². The van der Waals surface area contributed by atoms with Crippen molar-refractivity contribution in [2.45, 2.75) is 51.2 Å².